The van der Waals surface area contributed by atoms with E-state index in [0.717, 1.165) is 0 Å². The molecule has 0 aliphatic carbocycles. The third-order valence-electron chi connectivity index (χ3n) is 1.87. The molecule has 7 heteroatoms. The average Bonchev–Trinajstić information content (AvgIpc) is 2.72. The van der Waals surface area contributed by atoms with Crippen LogP contribution >= 0.6 is 23.7 Å². The first-order chi connectivity index (χ1) is 7.70. The molecule has 0 atom stereocenters. The Morgan fingerprint density at radius 2 is 1.72 bits per heavy atom. The standard InChI is InChI=1S/C11H14O4S.ClH.H3N/c1-3-14-10(12)9(11(13)15-4-2)8-6-5-7-16-8;;/h5-7,9H,3-4H2,1-2H3;1H;1H3. The van der Waals surface area contributed by atoms with Crippen molar-refractivity contribution < 1.29 is 19.1 Å². The summed E-state index contributed by atoms with van der Waals surface area (Å²) in [6.45, 7) is 3.91. The van der Waals surface area contributed by atoms with Crippen molar-refractivity contribution >= 4 is 35.7 Å². The minimum absolute atomic E-state index is 0. The second-order valence-electron chi connectivity index (χ2n) is 2.95. The van der Waals surface area contributed by atoms with Crippen LogP contribution in [-0.2, 0) is 19.1 Å². The molecular weight excluding hydrogens is 278 g/mol. The molecule has 0 fully saturated rings. The fourth-order valence-electron chi connectivity index (χ4n) is 1.24. The van der Waals surface area contributed by atoms with Gasteiger partial charge in [0.2, 0.25) is 0 Å². The van der Waals surface area contributed by atoms with E-state index in [2.05, 4.69) is 0 Å². The van der Waals surface area contributed by atoms with Crippen LogP contribution in [0.3, 0.4) is 0 Å². The zero-order valence-electron chi connectivity index (χ0n) is 10.4. The van der Waals surface area contributed by atoms with Gasteiger partial charge in [0.15, 0.2) is 5.92 Å². The van der Waals surface area contributed by atoms with Gasteiger partial charge in [-0.05, 0) is 25.3 Å². The molecule has 1 heterocycles. The Morgan fingerprint density at radius 3 is 2.06 bits per heavy atom. The zero-order valence-corrected chi connectivity index (χ0v) is 12.0. The lowest BCUT2D eigenvalue weighted by Gasteiger charge is -2.12. The highest BCUT2D eigenvalue weighted by atomic mass is 35.5. The maximum Gasteiger partial charge on any atom is 0.325 e. The summed E-state index contributed by atoms with van der Waals surface area (Å²) in [4.78, 5) is 23.9. The largest absolute Gasteiger partial charge is 0.465 e. The minimum atomic E-state index is -0.945. The monoisotopic (exact) mass is 295 g/mol. The van der Waals surface area contributed by atoms with Gasteiger partial charge in [-0.25, -0.2) is 0 Å². The molecule has 0 aromatic carbocycles. The van der Waals surface area contributed by atoms with Crippen LogP contribution in [0, 0.1) is 0 Å². The van der Waals surface area contributed by atoms with Crippen LogP contribution < -0.4 is 6.15 Å². The van der Waals surface area contributed by atoms with Crippen LogP contribution in [0.25, 0.3) is 0 Å². The molecular formula is C11H18ClNO4S. The van der Waals surface area contributed by atoms with Gasteiger partial charge in [-0.3, -0.25) is 9.59 Å². The highest BCUT2D eigenvalue weighted by Gasteiger charge is 2.32. The van der Waals surface area contributed by atoms with E-state index < -0.39 is 17.9 Å². The van der Waals surface area contributed by atoms with E-state index in [4.69, 9.17) is 9.47 Å². The van der Waals surface area contributed by atoms with Crippen molar-refractivity contribution in [1.82, 2.24) is 6.15 Å². The van der Waals surface area contributed by atoms with E-state index in [1.54, 1.807) is 31.4 Å². The molecule has 18 heavy (non-hydrogen) atoms. The molecule has 0 unspecified atom stereocenters. The van der Waals surface area contributed by atoms with Gasteiger partial charge in [-0.2, -0.15) is 0 Å². The maximum atomic E-state index is 11.6. The minimum Gasteiger partial charge on any atom is -0.465 e. The predicted molar refractivity (Wildman–Crippen MR) is 72.6 cm³/mol. The first kappa shape index (κ1) is 19.2. The number of hydrogen-bond donors (Lipinski definition) is 1. The third-order valence-corrected chi connectivity index (χ3v) is 2.81. The molecule has 1 aromatic rings. The number of rotatable bonds is 5. The predicted octanol–water partition coefficient (Wildman–Crippen LogP) is 2.54. The summed E-state index contributed by atoms with van der Waals surface area (Å²) >= 11 is 1.34. The van der Waals surface area contributed by atoms with Gasteiger partial charge in [-0.15, -0.1) is 23.7 Å². The number of thiophene rings is 1. The van der Waals surface area contributed by atoms with Crippen LogP contribution in [0.5, 0.6) is 0 Å². The number of carbonyl (C=O) groups excluding carboxylic acids is 2. The van der Waals surface area contributed by atoms with Crippen LogP contribution in [0.15, 0.2) is 17.5 Å². The van der Waals surface area contributed by atoms with Crippen molar-refractivity contribution in [3.05, 3.63) is 22.4 Å². The van der Waals surface area contributed by atoms with E-state index in [1.807, 2.05) is 0 Å². The summed E-state index contributed by atoms with van der Waals surface area (Å²) in [5.74, 6) is -2.05. The number of esters is 2. The molecule has 104 valence electrons. The van der Waals surface area contributed by atoms with E-state index >= 15 is 0 Å². The molecule has 0 spiro atoms. The van der Waals surface area contributed by atoms with E-state index in [-0.39, 0.29) is 31.8 Å². The Kier molecular flexibility index (Phi) is 10.6. The van der Waals surface area contributed by atoms with Gasteiger partial charge in [0.05, 0.1) is 13.2 Å². The first-order valence-corrected chi connectivity index (χ1v) is 5.95. The topological polar surface area (TPSA) is 87.6 Å². The van der Waals surface area contributed by atoms with Crippen molar-refractivity contribution in [3.63, 3.8) is 0 Å². The van der Waals surface area contributed by atoms with Crippen molar-refractivity contribution in [1.29, 1.82) is 0 Å². The smallest absolute Gasteiger partial charge is 0.325 e. The van der Waals surface area contributed by atoms with Crippen LogP contribution in [0.2, 0.25) is 0 Å². The number of hydrogen-bond acceptors (Lipinski definition) is 6. The van der Waals surface area contributed by atoms with Crippen LogP contribution in [0.4, 0.5) is 0 Å². The molecule has 0 aliphatic rings. The Bertz CT molecular complexity index is 338. The first-order valence-electron chi connectivity index (χ1n) is 5.07. The van der Waals surface area contributed by atoms with Gasteiger partial charge in [0.1, 0.15) is 0 Å². The lowest BCUT2D eigenvalue weighted by molar-refractivity contribution is -0.156. The highest BCUT2D eigenvalue weighted by Crippen LogP contribution is 2.24. The lowest BCUT2D eigenvalue weighted by Crippen LogP contribution is -2.25. The Balaban J connectivity index is 0. The maximum absolute atomic E-state index is 11.6. The molecule has 0 amide bonds. The van der Waals surface area contributed by atoms with Crippen molar-refractivity contribution in [3.8, 4) is 0 Å². The third kappa shape index (κ3) is 5.03. The summed E-state index contributed by atoms with van der Waals surface area (Å²) < 4.78 is 9.72. The van der Waals surface area contributed by atoms with Gasteiger partial charge in [-0.1, -0.05) is 6.07 Å². The molecule has 0 saturated heterocycles. The Morgan fingerprint density at radius 1 is 1.22 bits per heavy atom. The Labute approximate surface area is 116 Å². The van der Waals surface area contributed by atoms with Gasteiger partial charge < -0.3 is 15.6 Å². The molecule has 3 N–H and O–H groups in total. The summed E-state index contributed by atoms with van der Waals surface area (Å²) in [5.41, 5.74) is 0. The molecule has 0 radical (unpaired) electrons. The summed E-state index contributed by atoms with van der Waals surface area (Å²) in [6, 6.07) is 3.51. The van der Waals surface area contributed by atoms with E-state index in [9.17, 15) is 9.59 Å². The van der Waals surface area contributed by atoms with Crippen LogP contribution in [0.1, 0.15) is 24.6 Å². The average molecular weight is 296 g/mol. The quantitative estimate of drug-likeness (QED) is 0.666. The number of carbonyl (C=O) groups is 2. The van der Waals surface area contributed by atoms with Crippen molar-refractivity contribution in [2.75, 3.05) is 13.2 Å². The second-order valence-corrected chi connectivity index (χ2v) is 3.93. The van der Waals surface area contributed by atoms with Crippen LogP contribution in [-0.4, -0.2) is 25.2 Å². The molecule has 0 aliphatic heterocycles. The summed E-state index contributed by atoms with van der Waals surface area (Å²) in [7, 11) is 0. The summed E-state index contributed by atoms with van der Waals surface area (Å²) in [5, 5.41) is 1.81. The molecule has 1 aromatic heterocycles. The fourth-order valence-corrected chi connectivity index (χ4v) is 2.04. The number of ether oxygens (including phenoxy) is 2. The Hall–Kier alpha value is -1.11. The van der Waals surface area contributed by atoms with Gasteiger partial charge >= 0.3 is 11.9 Å². The fraction of sp³-hybridized carbons (Fsp3) is 0.455. The van der Waals surface area contributed by atoms with Gasteiger partial charge in [0.25, 0.3) is 0 Å². The highest BCUT2D eigenvalue weighted by molar-refractivity contribution is 7.10. The molecule has 5 nitrogen and oxygen atoms in total. The van der Waals surface area contributed by atoms with Crippen molar-refractivity contribution in [2.45, 2.75) is 19.8 Å². The van der Waals surface area contributed by atoms with Crippen molar-refractivity contribution in [2.24, 2.45) is 0 Å². The van der Waals surface area contributed by atoms with E-state index in [0.29, 0.717) is 4.88 Å². The SMILES string of the molecule is CCOC(=O)C(C(=O)OCC)c1cccs1.Cl.N. The lowest BCUT2D eigenvalue weighted by atomic mass is 10.1. The molecule has 0 saturated carbocycles. The van der Waals surface area contributed by atoms with E-state index in [1.165, 1.54) is 11.3 Å². The normalized spacial score (nSPS) is 9.06. The van der Waals surface area contributed by atoms with Gasteiger partial charge in [0, 0.05) is 4.88 Å². The zero-order chi connectivity index (χ0) is 12.0. The number of halogens is 1. The summed E-state index contributed by atoms with van der Waals surface area (Å²) in [6.07, 6.45) is 0. The molecule has 1 rings (SSSR count). The second kappa shape index (κ2) is 9.87. The molecule has 0 bridgehead atoms.